The molecule has 118 valence electrons. The fourth-order valence-corrected chi connectivity index (χ4v) is 2.49. The van der Waals surface area contributed by atoms with E-state index in [9.17, 15) is 19.2 Å². The van der Waals surface area contributed by atoms with Gasteiger partial charge in [-0.25, -0.2) is 0 Å². The fourth-order valence-electron chi connectivity index (χ4n) is 2.49. The van der Waals surface area contributed by atoms with Crippen molar-refractivity contribution in [3.63, 3.8) is 0 Å². The molecule has 1 aliphatic rings. The predicted molar refractivity (Wildman–Crippen MR) is 83.9 cm³/mol. The maximum atomic E-state index is 11.7. The lowest BCUT2D eigenvalue weighted by Crippen LogP contribution is -2.34. The van der Waals surface area contributed by atoms with Gasteiger partial charge in [-0.05, 0) is 18.2 Å². The average Bonchev–Trinajstić information content (AvgIpc) is 2.85. The van der Waals surface area contributed by atoms with Crippen LogP contribution in [0.25, 0.3) is 11.0 Å². The summed E-state index contributed by atoms with van der Waals surface area (Å²) in [6, 6.07) is 5.08. The van der Waals surface area contributed by atoms with E-state index >= 15 is 0 Å². The van der Waals surface area contributed by atoms with E-state index in [1.54, 1.807) is 18.2 Å². The van der Waals surface area contributed by atoms with Gasteiger partial charge < -0.3 is 14.9 Å². The molecule has 2 heterocycles. The SMILES string of the molecule is CC(=O)N1CC(Nc2ccc3c(c2)[nH]c(=O)c(=O)n3C)=CC1=O. The average molecular weight is 314 g/mol. The van der Waals surface area contributed by atoms with Gasteiger partial charge in [-0.15, -0.1) is 0 Å². The molecule has 0 saturated carbocycles. The number of aromatic nitrogens is 2. The van der Waals surface area contributed by atoms with Crippen molar-refractivity contribution < 1.29 is 9.59 Å². The van der Waals surface area contributed by atoms with Gasteiger partial charge in [0.25, 0.3) is 5.91 Å². The first-order valence-electron chi connectivity index (χ1n) is 6.89. The maximum Gasteiger partial charge on any atom is 0.316 e. The fraction of sp³-hybridized carbons (Fsp3) is 0.200. The number of H-pyrrole nitrogens is 1. The van der Waals surface area contributed by atoms with Crippen LogP contribution in [-0.2, 0) is 16.6 Å². The van der Waals surface area contributed by atoms with Gasteiger partial charge in [0, 0.05) is 31.4 Å². The van der Waals surface area contributed by atoms with Gasteiger partial charge >= 0.3 is 11.1 Å². The summed E-state index contributed by atoms with van der Waals surface area (Å²) in [5, 5.41) is 3.04. The Kier molecular flexibility index (Phi) is 3.36. The number of hydrogen-bond acceptors (Lipinski definition) is 5. The lowest BCUT2D eigenvalue weighted by molar-refractivity contribution is -0.138. The highest BCUT2D eigenvalue weighted by Gasteiger charge is 2.24. The first-order chi connectivity index (χ1) is 10.9. The molecule has 0 saturated heterocycles. The van der Waals surface area contributed by atoms with Crippen molar-refractivity contribution in [3.8, 4) is 0 Å². The molecule has 1 aromatic heterocycles. The molecule has 3 rings (SSSR count). The number of fused-ring (bicyclic) bond motifs is 1. The molecule has 2 N–H and O–H groups in total. The van der Waals surface area contributed by atoms with Crippen molar-refractivity contribution >= 4 is 28.5 Å². The molecule has 0 radical (unpaired) electrons. The summed E-state index contributed by atoms with van der Waals surface area (Å²) in [5.41, 5.74) is 0.972. The number of nitrogens with zero attached hydrogens (tertiary/aromatic N) is 2. The third kappa shape index (κ3) is 2.54. The van der Waals surface area contributed by atoms with Crippen molar-refractivity contribution in [1.82, 2.24) is 14.5 Å². The Morgan fingerprint density at radius 3 is 2.65 bits per heavy atom. The second kappa shape index (κ2) is 5.24. The second-order valence-electron chi connectivity index (χ2n) is 5.29. The first-order valence-corrected chi connectivity index (χ1v) is 6.89. The van der Waals surface area contributed by atoms with Crippen LogP contribution in [0.1, 0.15) is 6.92 Å². The van der Waals surface area contributed by atoms with Gasteiger partial charge in [0.05, 0.1) is 17.6 Å². The summed E-state index contributed by atoms with van der Waals surface area (Å²) < 4.78 is 1.27. The van der Waals surface area contributed by atoms with E-state index in [4.69, 9.17) is 0 Å². The minimum Gasteiger partial charge on any atom is -0.357 e. The van der Waals surface area contributed by atoms with Crippen molar-refractivity contribution in [3.05, 3.63) is 50.7 Å². The largest absolute Gasteiger partial charge is 0.357 e. The highest BCUT2D eigenvalue weighted by atomic mass is 16.2. The molecule has 0 aliphatic carbocycles. The molecule has 2 aromatic rings. The summed E-state index contributed by atoms with van der Waals surface area (Å²) in [6.07, 6.45) is 1.36. The van der Waals surface area contributed by atoms with E-state index in [1.807, 2.05) is 0 Å². The van der Waals surface area contributed by atoms with Gasteiger partial charge in [-0.1, -0.05) is 0 Å². The van der Waals surface area contributed by atoms with Crippen LogP contribution in [0.5, 0.6) is 0 Å². The smallest absolute Gasteiger partial charge is 0.316 e. The Balaban J connectivity index is 1.94. The van der Waals surface area contributed by atoms with Crippen LogP contribution in [0, 0.1) is 0 Å². The number of aryl methyl sites for hydroxylation is 1. The molecular formula is C15H14N4O4. The van der Waals surface area contributed by atoms with Crippen LogP contribution >= 0.6 is 0 Å². The summed E-state index contributed by atoms with van der Waals surface area (Å²) in [7, 11) is 1.52. The highest BCUT2D eigenvalue weighted by molar-refractivity contribution is 6.03. The van der Waals surface area contributed by atoms with Crippen molar-refractivity contribution in [2.24, 2.45) is 7.05 Å². The lowest BCUT2D eigenvalue weighted by atomic mass is 10.2. The number of carbonyl (C=O) groups is 2. The zero-order valence-electron chi connectivity index (χ0n) is 12.5. The van der Waals surface area contributed by atoms with Gasteiger partial charge in [-0.3, -0.25) is 24.1 Å². The third-order valence-corrected chi connectivity index (χ3v) is 3.68. The number of hydrogen-bond donors (Lipinski definition) is 2. The quantitative estimate of drug-likeness (QED) is 0.754. The van der Waals surface area contributed by atoms with Crippen LogP contribution < -0.4 is 16.4 Å². The van der Waals surface area contributed by atoms with Crippen LogP contribution in [0.15, 0.2) is 39.6 Å². The molecule has 8 nitrogen and oxygen atoms in total. The highest BCUT2D eigenvalue weighted by Crippen LogP contribution is 2.19. The maximum absolute atomic E-state index is 11.7. The zero-order chi connectivity index (χ0) is 16.7. The number of aromatic amines is 1. The van der Waals surface area contributed by atoms with Crippen LogP contribution in [0.2, 0.25) is 0 Å². The van der Waals surface area contributed by atoms with Crippen LogP contribution in [0.3, 0.4) is 0 Å². The molecule has 23 heavy (non-hydrogen) atoms. The molecular weight excluding hydrogens is 300 g/mol. The first kappa shape index (κ1) is 14.8. The van der Waals surface area contributed by atoms with Crippen molar-refractivity contribution in [2.75, 3.05) is 11.9 Å². The molecule has 1 aliphatic heterocycles. The van der Waals surface area contributed by atoms with Gasteiger partial charge in [0.2, 0.25) is 5.91 Å². The molecule has 0 atom stereocenters. The number of anilines is 1. The summed E-state index contributed by atoms with van der Waals surface area (Å²) in [6.45, 7) is 1.51. The second-order valence-corrected chi connectivity index (χ2v) is 5.29. The Bertz CT molecular complexity index is 983. The standard InChI is InChI=1S/C15H14N4O4/c1-8(20)19-7-10(6-13(19)21)16-9-3-4-12-11(5-9)17-14(22)15(23)18(12)2/h3-6,16H,7H2,1-2H3,(H,17,22). The van der Waals surface area contributed by atoms with Gasteiger partial charge in [0.1, 0.15) is 0 Å². The molecule has 0 bridgehead atoms. The molecule has 0 fully saturated rings. The monoisotopic (exact) mass is 314 g/mol. The van der Waals surface area contributed by atoms with E-state index in [0.29, 0.717) is 22.4 Å². The third-order valence-electron chi connectivity index (χ3n) is 3.68. The predicted octanol–water partition coefficient (Wildman–Crippen LogP) is -0.0887. The summed E-state index contributed by atoms with van der Waals surface area (Å²) in [4.78, 5) is 49.8. The Labute approximate surface area is 130 Å². The van der Waals surface area contributed by atoms with E-state index in [2.05, 4.69) is 10.3 Å². The summed E-state index contributed by atoms with van der Waals surface area (Å²) in [5.74, 6) is -0.683. The number of nitrogens with one attached hydrogen (secondary N) is 2. The molecule has 0 spiro atoms. The summed E-state index contributed by atoms with van der Waals surface area (Å²) >= 11 is 0. The molecule has 2 amide bonds. The lowest BCUT2D eigenvalue weighted by Gasteiger charge is -2.13. The molecule has 8 heteroatoms. The van der Waals surface area contributed by atoms with Gasteiger partial charge in [-0.2, -0.15) is 0 Å². The number of imide groups is 1. The topological polar surface area (TPSA) is 104 Å². The van der Waals surface area contributed by atoms with E-state index < -0.39 is 11.1 Å². The Morgan fingerprint density at radius 1 is 1.26 bits per heavy atom. The Hall–Kier alpha value is -3.16. The van der Waals surface area contributed by atoms with E-state index in [-0.39, 0.29) is 18.4 Å². The minimum atomic E-state index is -0.699. The van der Waals surface area contributed by atoms with E-state index in [1.165, 1.54) is 24.6 Å². The van der Waals surface area contributed by atoms with E-state index in [0.717, 1.165) is 4.90 Å². The minimum absolute atomic E-state index is 0.177. The number of rotatable bonds is 2. The van der Waals surface area contributed by atoms with Crippen LogP contribution in [0.4, 0.5) is 5.69 Å². The van der Waals surface area contributed by atoms with Crippen LogP contribution in [-0.4, -0.2) is 32.8 Å². The molecule has 1 aromatic carbocycles. The van der Waals surface area contributed by atoms with Gasteiger partial charge in [0.15, 0.2) is 0 Å². The normalized spacial score (nSPS) is 14.3. The van der Waals surface area contributed by atoms with Crippen molar-refractivity contribution in [1.29, 1.82) is 0 Å². The Morgan fingerprint density at radius 2 is 2.00 bits per heavy atom. The number of amides is 2. The number of benzene rings is 1. The zero-order valence-corrected chi connectivity index (χ0v) is 12.5. The van der Waals surface area contributed by atoms with Crippen molar-refractivity contribution in [2.45, 2.75) is 6.92 Å². The number of carbonyl (C=O) groups excluding carboxylic acids is 2. The molecule has 0 unspecified atom stereocenters.